The Morgan fingerprint density at radius 1 is 1.43 bits per heavy atom. The van der Waals surface area contributed by atoms with Crippen LogP contribution in [0.5, 0.6) is 0 Å². The van der Waals surface area contributed by atoms with E-state index in [0.29, 0.717) is 17.0 Å². The Hall–Kier alpha value is 0.440. The highest BCUT2D eigenvalue weighted by molar-refractivity contribution is 9.09. The van der Waals surface area contributed by atoms with Crippen molar-refractivity contribution in [3.8, 4) is 0 Å². The van der Waals surface area contributed by atoms with Gasteiger partial charge in [-0.1, -0.05) is 15.9 Å². The summed E-state index contributed by atoms with van der Waals surface area (Å²) in [4.78, 5) is 0.678. The average Bonchev–Trinajstić information content (AvgIpc) is 2.33. The molecule has 0 spiro atoms. The molecule has 40 valence electrons. The monoisotopic (exact) mass is 162 g/mol. The van der Waals surface area contributed by atoms with Gasteiger partial charge in [0.1, 0.15) is 0 Å². The van der Waals surface area contributed by atoms with Gasteiger partial charge in [-0.25, -0.2) is 0 Å². The fraction of sp³-hybridized carbons (Fsp3) is 1.00. The molecule has 0 bridgehead atoms. The second-order valence-corrected chi connectivity index (χ2v) is 3.41. The van der Waals surface area contributed by atoms with E-state index in [4.69, 9.17) is 4.74 Å². The Kier molecular flexibility index (Phi) is 0.762. The summed E-state index contributed by atoms with van der Waals surface area (Å²) in [5, 5.41) is 0. The molecule has 1 nitrogen and oxygen atoms in total. The topological polar surface area (TPSA) is 12.5 Å². The summed E-state index contributed by atoms with van der Waals surface area (Å²) in [6, 6.07) is 0. The van der Waals surface area contributed by atoms with Gasteiger partial charge >= 0.3 is 0 Å². The minimum atomic E-state index is 0.597. The summed E-state index contributed by atoms with van der Waals surface area (Å²) in [5.74, 6) is 0. The molecule has 2 rings (SSSR count). The highest BCUT2D eigenvalue weighted by Gasteiger charge is 2.48. The molecule has 0 aromatic carbocycles. The van der Waals surface area contributed by atoms with Crippen molar-refractivity contribution < 1.29 is 4.74 Å². The molecule has 0 N–H and O–H groups in total. The number of rotatable bonds is 0. The molecule has 2 fully saturated rings. The Morgan fingerprint density at radius 3 is 2.43 bits per heavy atom. The van der Waals surface area contributed by atoms with E-state index >= 15 is 0 Å². The van der Waals surface area contributed by atoms with Crippen LogP contribution in [0.25, 0.3) is 0 Å². The Balaban J connectivity index is 2.08. The van der Waals surface area contributed by atoms with Crippen molar-refractivity contribution in [2.24, 2.45) is 0 Å². The molecule has 2 heteroatoms. The summed E-state index contributed by atoms with van der Waals surface area (Å²) in [5.41, 5.74) is 0. The summed E-state index contributed by atoms with van der Waals surface area (Å²) in [6.45, 7) is 0. The molecule has 7 heavy (non-hydrogen) atoms. The van der Waals surface area contributed by atoms with Crippen LogP contribution in [0.15, 0.2) is 0 Å². The van der Waals surface area contributed by atoms with E-state index in [1.807, 2.05) is 0 Å². The van der Waals surface area contributed by atoms with E-state index in [2.05, 4.69) is 15.9 Å². The lowest BCUT2D eigenvalue weighted by Crippen LogP contribution is -1.98. The molecular weight excluding hydrogens is 156 g/mol. The predicted molar refractivity (Wildman–Crippen MR) is 30.6 cm³/mol. The highest BCUT2D eigenvalue weighted by atomic mass is 79.9. The Bertz CT molecular complexity index is 94.1. The predicted octanol–water partition coefficient (Wildman–Crippen LogP) is 1.31. The Morgan fingerprint density at radius 2 is 2.29 bits per heavy atom. The van der Waals surface area contributed by atoms with E-state index in [1.54, 1.807) is 0 Å². The molecule has 1 saturated heterocycles. The minimum Gasteiger partial charge on any atom is -0.368 e. The van der Waals surface area contributed by atoms with Gasteiger partial charge in [-0.15, -0.1) is 0 Å². The number of alkyl halides is 1. The maximum Gasteiger partial charge on any atom is 0.0966 e. The second-order valence-electron chi connectivity index (χ2n) is 2.23. The second kappa shape index (κ2) is 1.23. The highest BCUT2D eigenvalue weighted by Crippen LogP contribution is 2.42. The minimum absolute atomic E-state index is 0.597. The van der Waals surface area contributed by atoms with Gasteiger partial charge in [0, 0.05) is 4.83 Å². The summed E-state index contributed by atoms with van der Waals surface area (Å²) >= 11 is 3.52. The van der Waals surface area contributed by atoms with Crippen molar-refractivity contribution in [1.82, 2.24) is 0 Å². The van der Waals surface area contributed by atoms with Gasteiger partial charge in [-0.05, 0) is 12.8 Å². The molecule has 0 aromatic heterocycles. The fourth-order valence-corrected chi connectivity index (χ4v) is 1.92. The quantitative estimate of drug-likeness (QED) is 0.387. The zero-order valence-corrected chi connectivity index (χ0v) is 5.52. The molecule has 1 aliphatic heterocycles. The van der Waals surface area contributed by atoms with Gasteiger partial charge in [0.05, 0.1) is 12.2 Å². The van der Waals surface area contributed by atoms with Crippen LogP contribution in [0.3, 0.4) is 0 Å². The lowest BCUT2D eigenvalue weighted by molar-refractivity contribution is 0.328. The third-order valence-electron chi connectivity index (χ3n) is 1.71. The van der Waals surface area contributed by atoms with E-state index in [-0.39, 0.29) is 0 Å². The van der Waals surface area contributed by atoms with Crippen LogP contribution in [-0.2, 0) is 4.74 Å². The van der Waals surface area contributed by atoms with Gasteiger partial charge in [0.15, 0.2) is 0 Å². The van der Waals surface area contributed by atoms with Gasteiger partial charge < -0.3 is 4.74 Å². The number of halogens is 1. The molecule has 1 heterocycles. The van der Waals surface area contributed by atoms with Crippen LogP contribution in [0.2, 0.25) is 0 Å². The molecule has 1 aliphatic carbocycles. The Labute approximate surface area is 51.2 Å². The largest absolute Gasteiger partial charge is 0.368 e. The van der Waals surface area contributed by atoms with Crippen LogP contribution in [-0.4, -0.2) is 17.0 Å². The number of fused-ring (bicyclic) bond motifs is 1. The van der Waals surface area contributed by atoms with Gasteiger partial charge in [-0.3, -0.25) is 0 Å². The van der Waals surface area contributed by atoms with Crippen LogP contribution in [0, 0.1) is 0 Å². The summed E-state index contributed by atoms with van der Waals surface area (Å²) in [7, 11) is 0. The molecule has 0 radical (unpaired) electrons. The van der Waals surface area contributed by atoms with E-state index in [1.165, 1.54) is 12.8 Å². The van der Waals surface area contributed by atoms with E-state index < -0.39 is 0 Å². The van der Waals surface area contributed by atoms with Crippen LogP contribution in [0.4, 0.5) is 0 Å². The molecule has 2 aliphatic rings. The lowest BCUT2D eigenvalue weighted by Gasteiger charge is -1.94. The van der Waals surface area contributed by atoms with Crippen LogP contribution < -0.4 is 0 Å². The van der Waals surface area contributed by atoms with E-state index in [9.17, 15) is 0 Å². The van der Waals surface area contributed by atoms with Crippen molar-refractivity contribution in [2.75, 3.05) is 0 Å². The van der Waals surface area contributed by atoms with Crippen molar-refractivity contribution >= 4 is 15.9 Å². The van der Waals surface area contributed by atoms with Crippen LogP contribution >= 0.6 is 15.9 Å². The van der Waals surface area contributed by atoms with Crippen molar-refractivity contribution in [3.05, 3.63) is 0 Å². The van der Waals surface area contributed by atoms with Gasteiger partial charge in [0.25, 0.3) is 0 Å². The fourth-order valence-electron chi connectivity index (χ4n) is 1.19. The maximum absolute atomic E-state index is 5.22. The SMILES string of the molecule is Br[C@@H]1CC[C@@H]2O[C@H]12. The summed E-state index contributed by atoms with van der Waals surface area (Å²) < 4.78 is 5.22. The van der Waals surface area contributed by atoms with E-state index in [0.717, 1.165) is 0 Å². The lowest BCUT2D eigenvalue weighted by atomic mass is 10.4. The number of hydrogen-bond acceptors (Lipinski definition) is 1. The number of hydrogen-bond donors (Lipinski definition) is 0. The third-order valence-corrected chi connectivity index (χ3v) is 2.68. The third kappa shape index (κ3) is 0.533. The van der Waals surface area contributed by atoms with Gasteiger partial charge in [-0.2, -0.15) is 0 Å². The zero-order chi connectivity index (χ0) is 4.85. The van der Waals surface area contributed by atoms with Crippen molar-refractivity contribution in [2.45, 2.75) is 29.9 Å². The smallest absolute Gasteiger partial charge is 0.0966 e. The first kappa shape index (κ1) is 4.33. The number of ether oxygens (including phenoxy) is 1. The molecule has 0 amide bonds. The molecule has 1 saturated carbocycles. The molecule has 0 aromatic rings. The standard InChI is InChI=1S/C5H7BrO/c6-3-1-2-4-5(3)7-4/h3-5H,1-2H2/t3-,4+,5-/m1/s1. The van der Waals surface area contributed by atoms with Gasteiger partial charge in [0.2, 0.25) is 0 Å². The average molecular weight is 163 g/mol. The molecule has 3 atom stereocenters. The number of epoxide rings is 1. The van der Waals surface area contributed by atoms with Crippen LogP contribution in [0.1, 0.15) is 12.8 Å². The molecular formula is C5H7BrO. The van der Waals surface area contributed by atoms with Crippen molar-refractivity contribution in [1.29, 1.82) is 0 Å². The molecule has 0 unspecified atom stereocenters. The van der Waals surface area contributed by atoms with Crippen molar-refractivity contribution in [3.63, 3.8) is 0 Å². The first-order chi connectivity index (χ1) is 3.38. The zero-order valence-electron chi connectivity index (χ0n) is 3.93. The first-order valence-corrected chi connectivity index (χ1v) is 3.59. The normalized spacial score (nSPS) is 57.0. The maximum atomic E-state index is 5.22. The first-order valence-electron chi connectivity index (χ1n) is 2.67. The summed E-state index contributed by atoms with van der Waals surface area (Å²) in [6.07, 6.45) is 3.83.